The minimum atomic E-state index is -0.0617. The molecule has 0 amide bonds. The molecule has 0 atom stereocenters. The molecule has 0 aromatic carbocycles. The average Bonchev–Trinajstić information content (AvgIpc) is 2.40. The van der Waals surface area contributed by atoms with Crippen LogP contribution in [0.25, 0.3) is 0 Å². The summed E-state index contributed by atoms with van der Waals surface area (Å²) in [7, 11) is 0. The molecule has 0 aliphatic rings. The summed E-state index contributed by atoms with van der Waals surface area (Å²) in [6.07, 6.45) is 8.07. The van der Waals surface area contributed by atoms with Gasteiger partial charge in [0.25, 0.3) is 0 Å². The van der Waals surface area contributed by atoms with E-state index in [1.807, 2.05) is 12.4 Å². The molecule has 0 aliphatic carbocycles. The molecular formula is C16H21N2+. The summed E-state index contributed by atoms with van der Waals surface area (Å²) in [5.74, 6) is 0.547. The second-order valence-corrected chi connectivity index (χ2v) is 5.49. The van der Waals surface area contributed by atoms with Gasteiger partial charge in [0.05, 0.1) is 0 Å². The van der Waals surface area contributed by atoms with Gasteiger partial charge >= 0.3 is 0 Å². The van der Waals surface area contributed by atoms with E-state index in [-0.39, 0.29) is 5.54 Å². The molecule has 2 aromatic rings. The van der Waals surface area contributed by atoms with E-state index in [1.54, 1.807) is 0 Å². The van der Waals surface area contributed by atoms with Crippen LogP contribution in [0.2, 0.25) is 0 Å². The van der Waals surface area contributed by atoms with E-state index in [0.717, 1.165) is 0 Å². The Kier molecular flexibility index (Phi) is 3.46. The van der Waals surface area contributed by atoms with Gasteiger partial charge in [-0.05, 0) is 24.1 Å². The van der Waals surface area contributed by atoms with Crippen molar-refractivity contribution in [2.45, 2.75) is 39.2 Å². The third-order valence-corrected chi connectivity index (χ3v) is 3.52. The van der Waals surface area contributed by atoms with Crippen molar-refractivity contribution >= 4 is 0 Å². The van der Waals surface area contributed by atoms with Crippen molar-refractivity contribution in [1.82, 2.24) is 4.98 Å². The van der Waals surface area contributed by atoms with Gasteiger partial charge in [-0.15, -0.1) is 0 Å². The van der Waals surface area contributed by atoms with Gasteiger partial charge in [0.1, 0.15) is 0 Å². The smallest absolute Gasteiger partial charge is 0.187 e. The summed E-state index contributed by atoms with van der Waals surface area (Å²) < 4.78 is 2.28. The molecule has 0 spiro atoms. The highest BCUT2D eigenvalue weighted by Gasteiger charge is 2.30. The summed E-state index contributed by atoms with van der Waals surface area (Å²) in [4.78, 5) is 4.09. The van der Waals surface area contributed by atoms with Crippen LogP contribution in [0.5, 0.6) is 0 Å². The van der Waals surface area contributed by atoms with Crippen LogP contribution in [0, 0.1) is 0 Å². The number of rotatable bonds is 3. The van der Waals surface area contributed by atoms with Crippen LogP contribution in [-0.4, -0.2) is 4.98 Å². The average molecular weight is 241 g/mol. The zero-order valence-corrected chi connectivity index (χ0v) is 11.6. The van der Waals surface area contributed by atoms with Crippen LogP contribution < -0.4 is 4.57 Å². The van der Waals surface area contributed by atoms with Crippen molar-refractivity contribution in [2.75, 3.05) is 0 Å². The lowest BCUT2D eigenvalue weighted by Gasteiger charge is -2.20. The van der Waals surface area contributed by atoms with Gasteiger partial charge < -0.3 is 0 Å². The Morgan fingerprint density at radius 1 is 1.11 bits per heavy atom. The summed E-state index contributed by atoms with van der Waals surface area (Å²) >= 11 is 0. The fraction of sp³-hybridized carbons (Fsp3) is 0.375. The van der Waals surface area contributed by atoms with Crippen LogP contribution >= 0.6 is 0 Å². The topological polar surface area (TPSA) is 16.8 Å². The van der Waals surface area contributed by atoms with Gasteiger partial charge in [0.2, 0.25) is 0 Å². The van der Waals surface area contributed by atoms with Gasteiger partial charge in [-0.25, -0.2) is 0 Å². The fourth-order valence-corrected chi connectivity index (χ4v) is 2.09. The van der Waals surface area contributed by atoms with Crippen LogP contribution in [0.1, 0.15) is 44.7 Å². The molecule has 0 saturated heterocycles. The predicted molar refractivity (Wildman–Crippen MR) is 73.4 cm³/mol. The highest BCUT2D eigenvalue weighted by molar-refractivity contribution is 5.17. The summed E-state index contributed by atoms with van der Waals surface area (Å²) in [6.45, 7) is 8.90. The summed E-state index contributed by atoms with van der Waals surface area (Å²) in [6, 6.07) is 8.46. The van der Waals surface area contributed by atoms with Gasteiger partial charge in [0.15, 0.2) is 17.9 Å². The van der Waals surface area contributed by atoms with E-state index >= 15 is 0 Å². The minimum absolute atomic E-state index is 0.0617. The standard InChI is InChI=1S/C16H21N2/c1-13(2)14-6-5-11-18(12-14)16(3,4)15-7-9-17-10-8-15/h5-13H,1-4H3/q+1. The van der Waals surface area contributed by atoms with Crippen LogP contribution in [0.15, 0.2) is 49.1 Å². The van der Waals surface area contributed by atoms with Gasteiger partial charge in [-0.1, -0.05) is 13.8 Å². The largest absolute Gasteiger partial charge is 0.265 e. The molecule has 0 unspecified atom stereocenters. The van der Waals surface area contributed by atoms with E-state index in [4.69, 9.17) is 0 Å². The summed E-state index contributed by atoms with van der Waals surface area (Å²) in [5.41, 5.74) is 2.57. The Labute approximate surface area is 109 Å². The number of pyridine rings is 2. The zero-order valence-electron chi connectivity index (χ0n) is 11.6. The normalized spacial score (nSPS) is 11.8. The number of hydrogen-bond donors (Lipinski definition) is 0. The maximum Gasteiger partial charge on any atom is 0.187 e. The van der Waals surface area contributed by atoms with Crippen LogP contribution in [-0.2, 0) is 5.54 Å². The summed E-state index contributed by atoms with van der Waals surface area (Å²) in [5, 5.41) is 0. The quantitative estimate of drug-likeness (QED) is 0.754. The molecule has 2 rings (SSSR count). The Balaban J connectivity index is 2.44. The van der Waals surface area contributed by atoms with Crippen LogP contribution in [0.3, 0.4) is 0 Å². The molecule has 2 heteroatoms. The van der Waals surface area contributed by atoms with Gasteiger partial charge in [0, 0.05) is 43.4 Å². The Hall–Kier alpha value is -1.70. The third-order valence-electron chi connectivity index (χ3n) is 3.52. The fourth-order valence-electron chi connectivity index (χ4n) is 2.09. The maximum atomic E-state index is 4.09. The third kappa shape index (κ3) is 2.42. The molecule has 0 radical (unpaired) electrons. The highest BCUT2D eigenvalue weighted by Crippen LogP contribution is 2.19. The molecule has 0 fully saturated rings. The first-order chi connectivity index (χ1) is 8.51. The predicted octanol–water partition coefficient (Wildman–Crippen LogP) is 3.28. The Morgan fingerprint density at radius 2 is 1.78 bits per heavy atom. The molecule has 18 heavy (non-hydrogen) atoms. The lowest BCUT2D eigenvalue weighted by Crippen LogP contribution is -2.52. The monoisotopic (exact) mass is 241 g/mol. The van der Waals surface area contributed by atoms with E-state index in [0.29, 0.717) is 5.92 Å². The highest BCUT2D eigenvalue weighted by atomic mass is 15.0. The Morgan fingerprint density at radius 3 is 2.39 bits per heavy atom. The molecular weight excluding hydrogens is 220 g/mol. The first-order valence-electron chi connectivity index (χ1n) is 6.44. The Bertz CT molecular complexity index is 516. The second kappa shape index (κ2) is 4.89. The molecule has 0 saturated carbocycles. The lowest BCUT2D eigenvalue weighted by atomic mass is 9.94. The number of nitrogens with zero attached hydrogens (tertiary/aromatic N) is 2. The van der Waals surface area contributed by atoms with Gasteiger partial charge in [-0.3, -0.25) is 4.98 Å². The molecule has 0 bridgehead atoms. The molecule has 2 nitrogen and oxygen atoms in total. The first kappa shape index (κ1) is 12.7. The molecule has 0 N–H and O–H groups in total. The van der Waals surface area contributed by atoms with Crippen molar-refractivity contribution in [3.63, 3.8) is 0 Å². The maximum absolute atomic E-state index is 4.09. The SMILES string of the molecule is CC(C)c1ccc[n+](C(C)(C)c2ccncc2)c1. The number of aromatic nitrogens is 2. The van der Waals surface area contributed by atoms with Crippen molar-refractivity contribution in [3.05, 3.63) is 60.2 Å². The van der Waals surface area contributed by atoms with Gasteiger partial charge in [-0.2, -0.15) is 4.57 Å². The van der Waals surface area contributed by atoms with Crippen molar-refractivity contribution in [1.29, 1.82) is 0 Å². The van der Waals surface area contributed by atoms with E-state index < -0.39 is 0 Å². The molecule has 0 aliphatic heterocycles. The molecule has 2 heterocycles. The second-order valence-electron chi connectivity index (χ2n) is 5.49. The first-order valence-corrected chi connectivity index (χ1v) is 6.44. The zero-order chi connectivity index (χ0) is 13.2. The van der Waals surface area contributed by atoms with Crippen molar-refractivity contribution < 1.29 is 4.57 Å². The van der Waals surface area contributed by atoms with E-state index in [9.17, 15) is 0 Å². The van der Waals surface area contributed by atoms with Crippen molar-refractivity contribution in [3.8, 4) is 0 Å². The molecule has 94 valence electrons. The van der Waals surface area contributed by atoms with E-state index in [1.165, 1.54) is 11.1 Å². The van der Waals surface area contributed by atoms with Crippen molar-refractivity contribution in [2.24, 2.45) is 0 Å². The van der Waals surface area contributed by atoms with Crippen LogP contribution in [0.4, 0.5) is 0 Å². The lowest BCUT2D eigenvalue weighted by molar-refractivity contribution is -0.747. The number of hydrogen-bond acceptors (Lipinski definition) is 1. The minimum Gasteiger partial charge on any atom is -0.265 e. The van der Waals surface area contributed by atoms with E-state index in [2.05, 4.69) is 73.9 Å². The molecule has 2 aromatic heterocycles.